The Kier molecular flexibility index (Phi) is 4.46. The zero-order valence-electron chi connectivity index (χ0n) is 13.3. The van der Waals surface area contributed by atoms with E-state index in [9.17, 15) is 9.59 Å². The van der Waals surface area contributed by atoms with Gasteiger partial charge in [0.05, 0.1) is 0 Å². The molecule has 2 amide bonds. The van der Waals surface area contributed by atoms with Crippen LogP contribution in [0.1, 0.15) is 44.6 Å². The lowest BCUT2D eigenvalue weighted by molar-refractivity contribution is -0.147. The third-order valence-corrected chi connectivity index (χ3v) is 4.90. The van der Waals surface area contributed by atoms with Gasteiger partial charge in [-0.3, -0.25) is 9.59 Å². The smallest absolute Gasteiger partial charge is 0.316 e. The van der Waals surface area contributed by atoms with E-state index in [1.54, 1.807) is 4.90 Å². The van der Waals surface area contributed by atoms with Gasteiger partial charge in [0.1, 0.15) is 0 Å². The zero-order chi connectivity index (χ0) is 15.5. The van der Waals surface area contributed by atoms with E-state index >= 15 is 0 Å². The fraction of sp³-hybridized carbons (Fsp3) is 0.556. The molecule has 0 aromatic heterocycles. The maximum absolute atomic E-state index is 12.8. The molecule has 4 heteroatoms. The van der Waals surface area contributed by atoms with Gasteiger partial charge < -0.3 is 9.80 Å². The summed E-state index contributed by atoms with van der Waals surface area (Å²) in [6, 6.07) is 8.16. The Hall–Kier alpha value is -1.84. The quantitative estimate of drug-likeness (QED) is 0.748. The van der Waals surface area contributed by atoms with E-state index in [-0.39, 0.29) is 17.9 Å². The molecule has 1 atom stereocenters. The van der Waals surface area contributed by atoms with Gasteiger partial charge in [0.25, 0.3) is 0 Å². The number of para-hydroxylation sites is 1. The second-order valence-electron chi connectivity index (χ2n) is 6.25. The molecule has 1 unspecified atom stereocenters. The van der Waals surface area contributed by atoms with Crippen molar-refractivity contribution in [3.05, 3.63) is 29.8 Å². The molecule has 0 spiro atoms. The van der Waals surface area contributed by atoms with Crippen molar-refractivity contribution in [1.29, 1.82) is 0 Å². The number of hydrogen-bond acceptors (Lipinski definition) is 2. The summed E-state index contributed by atoms with van der Waals surface area (Å²) in [6.45, 7) is 3.46. The number of likely N-dealkylation sites (tertiary alicyclic amines) is 1. The molecule has 2 aliphatic heterocycles. The van der Waals surface area contributed by atoms with Gasteiger partial charge in [-0.1, -0.05) is 25.1 Å². The summed E-state index contributed by atoms with van der Waals surface area (Å²) in [5.74, 6) is -0.671. The minimum absolute atomic E-state index is 0.227. The second-order valence-corrected chi connectivity index (χ2v) is 6.25. The molecule has 4 nitrogen and oxygen atoms in total. The van der Waals surface area contributed by atoms with E-state index in [4.69, 9.17) is 0 Å². The summed E-state index contributed by atoms with van der Waals surface area (Å²) in [6.07, 6.45) is 6.01. The highest BCUT2D eigenvalue weighted by molar-refractivity contribution is 6.40. The van der Waals surface area contributed by atoms with E-state index in [0.29, 0.717) is 6.54 Å². The standard InChI is InChI=1S/C18H24N2O2/c1-2-15-10-5-6-12-19(15)17(21)18(22)20-13-7-9-14-8-3-4-11-16(14)20/h3-4,8,11,15H,2,5-7,9-10,12-13H2,1H3. The molecule has 3 rings (SSSR count). The fourth-order valence-corrected chi connectivity index (χ4v) is 3.68. The Bertz CT molecular complexity index is 570. The number of carbonyl (C=O) groups is 2. The third kappa shape index (κ3) is 2.74. The van der Waals surface area contributed by atoms with Crippen molar-refractivity contribution in [2.45, 2.75) is 51.5 Å². The van der Waals surface area contributed by atoms with E-state index in [2.05, 4.69) is 13.0 Å². The Morgan fingerprint density at radius 3 is 2.73 bits per heavy atom. The van der Waals surface area contributed by atoms with Crippen molar-refractivity contribution < 1.29 is 9.59 Å². The Balaban J connectivity index is 1.80. The lowest BCUT2D eigenvalue weighted by atomic mass is 9.99. The molecule has 0 aliphatic carbocycles. The van der Waals surface area contributed by atoms with Gasteiger partial charge in [-0.05, 0) is 50.2 Å². The minimum atomic E-state index is -0.354. The number of anilines is 1. The molecule has 0 bridgehead atoms. The first-order valence-corrected chi connectivity index (χ1v) is 8.42. The van der Waals surface area contributed by atoms with Crippen LogP contribution >= 0.6 is 0 Å². The number of piperidine rings is 1. The van der Waals surface area contributed by atoms with Crippen molar-refractivity contribution in [3.63, 3.8) is 0 Å². The van der Waals surface area contributed by atoms with Crippen LogP contribution in [0.25, 0.3) is 0 Å². The third-order valence-electron chi connectivity index (χ3n) is 4.90. The maximum atomic E-state index is 12.8. The summed E-state index contributed by atoms with van der Waals surface area (Å²) >= 11 is 0. The molecule has 22 heavy (non-hydrogen) atoms. The number of benzene rings is 1. The second kappa shape index (κ2) is 6.51. The summed E-state index contributed by atoms with van der Waals surface area (Å²) in [5, 5.41) is 0. The van der Waals surface area contributed by atoms with E-state index < -0.39 is 0 Å². The molecule has 1 fully saturated rings. The molecular formula is C18H24N2O2. The van der Waals surface area contributed by atoms with Crippen LogP contribution in [-0.4, -0.2) is 35.8 Å². The molecule has 1 saturated heterocycles. The van der Waals surface area contributed by atoms with Gasteiger partial charge in [0, 0.05) is 24.8 Å². The van der Waals surface area contributed by atoms with Crippen LogP contribution in [0.2, 0.25) is 0 Å². The number of carbonyl (C=O) groups excluding carboxylic acids is 2. The Labute approximate surface area is 132 Å². The van der Waals surface area contributed by atoms with Gasteiger partial charge in [-0.25, -0.2) is 0 Å². The number of aryl methyl sites for hydroxylation is 1. The Morgan fingerprint density at radius 1 is 1.09 bits per heavy atom. The van der Waals surface area contributed by atoms with E-state index in [1.807, 2.05) is 23.1 Å². The van der Waals surface area contributed by atoms with Crippen molar-refractivity contribution >= 4 is 17.5 Å². The predicted octanol–water partition coefficient (Wildman–Crippen LogP) is 2.76. The first kappa shape index (κ1) is 15.1. The zero-order valence-corrected chi connectivity index (χ0v) is 13.3. The number of fused-ring (bicyclic) bond motifs is 1. The van der Waals surface area contributed by atoms with Crippen LogP contribution in [0.4, 0.5) is 5.69 Å². The van der Waals surface area contributed by atoms with Gasteiger partial charge in [-0.2, -0.15) is 0 Å². The molecule has 118 valence electrons. The summed E-state index contributed by atoms with van der Waals surface area (Å²) < 4.78 is 0. The van der Waals surface area contributed by atoms with Gasteiger partial charge in [0.2, 0.25) is 0 Å². The van der Waals surface area contributed by atoms with Crippen molar-refractivity contribution in [1.82, 2.24) is 4.90 Å². The first-order chi connectivity index (χ1) is 10.7. The summed E-state index contributed by atoms with van der Waals surface area (Å²) in [5.41, 5.74) is 2.08. The maximum Gasteiger partial charge on any atom is 0.316 e. The van der Waals surface area contributed by atoms with E-state index in [1.165, 1.54) is 5.56 Å². The summed E-state index contributed by atoms with van der Waals surface area (Å²) in [7, 11) is 0. The topological polar surface area (TPSA) is 40.6 Å². The first-order valence-electron chi connectivity index (χ1n) is 8.42. The average molecular weight is 300 g/mol. The van der Waals surface area contributed by atoms with Crippen LogP contribution in [0.5, 0.6) is 0 Å². The van der Waals surface area contributed by atoms with Crippen molar-refractivity contribution in [3.8, 4) is 0 Å². The highest BCUT2D eigenvalue weighted by Crippen LogP contribution is 2.28. The van der Waals surface area contributed by atoms with Gasteiger partial charge in [-0.15, -0.1) is 0 Å². The van der Waals surface area contributed by atoms with Gasteiger partial charge in [0.15, 0.2) is 0 Å². The van der Waals surface area contributed by atoms with Crippen LogP contribution in [-0.2, 0) is 16.0 Å². The van der Waals surface area contributed by atoms with E-state index in [0.717, 1.165) is 50.8 Å². The molecule has 1 aromatic rings. The van der Waals surface area contributed by atoms with Crippen LogP contribution in [0.15, 0.2) is 24.3 Å². The summed E-state index contributed by atoms with van der Waals surface area (Å²) in [4.78, 5) is 29.0. The van der Waals surface area contributed by atoms with Crippen LogP contribution in [0.3, 0.4) is 0 Å². The van der Waals surface area contributed by atoms with Gasteiger partial charge >= 0.3 is 11.8 Å². The van der Waals surface area contributed by atoms with Crippen molar-refractivity contribution in [2.24, 2.45) is 0 Å². The molecule has 2 heterocycles. The SMILES string of the molecule is CCC1CCCCN1C(=O)C(=O)N1CCCc2ccccc21. The number of amides is 2. The largest absolute Gasteiger partial charge is 0.331 e. The number of rotatable bonds is 1. The molecule has 0 N–H and O–H groups in total. The minimum Gasteiger partial charge on any atom is -0.331 e. The highest BCUT2D eigenvalue weighted by Gasteiger charge is 2.34. The Morgan fingerprint density at radius 2 is 1.91 bits per heavy atom. The molecule has 0 radical (unpaired) electrons. The lowest BCUT2D eigenvalue weighted by Gasteiger charge is -2.37. The molecule has 2 aliphatic rings. The number of hydrogen-bond donors (Lipinski definition) is 0. The molecule has 0 saturated carbocycles. The lowest BCUT2D eigenvalue weighted by Crippen LogP contribution is -2.52. The average Bonchev–Trinajstić information content (AvgIpc) is 2.60. The highest BCUT2D eigenvalue weighted by atomic mass is 16.2. The normalized spacial score (nSPS) is 21.4. The molecule has 1 aromatic carbocycles. The predicted molar refractivity (Wildman–Crippen MR) is 86.8 cm³/mol. The van der Waals surface area contributed by atoms with Crippen LogP contribution in [0, 0.1) is 0 Å². The van der Waals surface area contributed by atoms with Crippen molar-refractivity contribution in [2.75, 3.05) is 18.0 Å². The molecular weight excluding hydrogens is 276 g/mol. The number of nitrogens with zero attached hydrogens (tertiary/aromatic N) is 2. The fourth-order valence-electron chi connectivity index (χ4n) is 3.68. The van der Waals surface area contributed by atoms with Crippen LogP contribution < -0.4 is 4.90 Å². The monoisotopic (exact) mass is 300 g/mol.